The Morgan fingerprint density at radius 2 is 2.03 bits per heavy atom. The van der Waals surface area contributed by atoms with Crippen molar-refractivity contribution in [2.75, 3.05) is 13.1 Å². The SMILES string of the molecule is O=C([C@@H]1CCCc2nn(Cc3cccc(C(F)(F)F)c3)c(=O)n21)N1CC[C@H](F)C1. The second-order valence-electron chi connectivity index (χ2n) is 7.50. The molecule has 1 amide bonds. The van der Waals surface area contributed by atoms with E-state index in [0.29, 0.717) is 37.2 Å². The third-order valence-electron chi connectivity index (χ3n) is 5.44. The summed E-state index contributed by atoms with van der Waals surface area (Å²) >= 11 is 0. The van der Waals surface area contributed by atoms with Gasteiger partial charge in [0.15, 0.2) is 0 Å². The van der Waals surface area contributed by atoms with Crippen LogP contribution < -0.4 is 5.69 Å². The lowest BCUT2D eigenvalue weighted by atomic mass is 10.0. The summed E-state index contributed by atoms with van der Waals surface area (Å²) in [7, 11) is 0. The van der Waals surface area contributed by atoms with Gasteiger partial charge < -0.3 is 4.90 Å². The van der Waals surface area contributed by atoms with Gasteiger partial charge in [-0.25, -0.2) is 13.9 Å². The molecule has 0 saturated carbocycles. The molecular formula is C19H20F4N4O2. The van der Waals surface area contributed by atoms with Crippen LogP contribution in [0.15, 0.2) is 29.1 Å². The number of fused-ring (bicyclic) bond motifs is 1. The molecule has 1 aromatic heterocycles. The van der Waals surface area contributed by atoms with Gasteiger partial charge in [-0.3, -0.25) is 9.36 Å². The summed E-state index contributed by atoms with van der Waals surface area (Å²) in [5.74, 6) is 0.134. The van der Waals surface area contributed by atoms with E-state index >= 15 is 0 Å². The fraction of sp³-hybridized carbons (Fsp3) is 0.526. The Labute approximate surface area is 163 Å². The fourth-order valence-corrected chi connectivity index (χ4v) is 4.02. The van der Waals surface area contributed by atoms with Crippen LogP contribution in [-0.4, -0.2) is 44.4 Å². The Morgan fingerprint density at radius 1 is 1.24 bits per heavy atom. The molecule has 10 heteroatoms. The highest BCUT2D eigenvalue weighted by Crippen LogP contribution is 2.30. The lowest BCUT2D eigenvalue weighted by molar-refractivity contribution is -0.137. The Kier molecular flexibility index (Phi) is 4.95. The summed E-state index contributed by atoms with van der Waals surface area (Å²) < 4.78 is 54.7. The maximum atomic E-state index is 13.5. The van der Waals surface area contributed by atoms with Gasteiger partial charge in [0.05, 0.1) is 18.7 Å². The van der Waals surface area contributed by atoms with Crippen molar-refractivity contribution in [3.63, 3.8) is 0 Å². The molecule has 4 rings (SSSR count). The number of alkyl halides is 4. The monoisotopic (exact) mass is 412 g/mol. The van der Waals surface area contributed by atoms with Gasteiger partial charge >= 0.3 is 11.9 Å². The van der Waals surface area contributed by atoms with Crippen LogP contribution in [0.2, 0.25) is 0 Å². The predicted octanol–water partition coefficient (Wildman–Crippen LogP) is 2.56. The number of nitrogens with zero attached hydrogens (tertiary/aromatic N) is 4. The average molecular weight is 412 g/mol. The molecule has 0 spiro atoms. The van der Waals surface area contributed by atoms with Crippen LogP contribution in [0.25, 0.3) is 0 Å². The van der Waals surface area contributed by atoms with Crippen LogP contribution in [0.1, 0.15) is 42.3 Å². The van der Waals surface area contributed by atoms with Crippen LogP contribution in [-0.2, 0) is 23.9 Å². The highest BCUT2D eigenvalue weighted by atomic mass is 19.4. The maximum Gasteiger partial charge on any atom is 0.416 e. The van der Waals surface area contributed by atoms with Crippen molar-refractivity contribution in [1.82, 2.24) is 19.2 Å². The summed E-state index contributed by atoms with van der Waals surface area (Å²) in [4.78, 5) is 27.1. The van der Waals surface area contributed by atoms with Gasteiger partial charge in [-0.05, 0) is 37.0 Å². The smallest absolute Gasteiger partial charge is 0.338 e. The van der Waals surface area contributed by atoms with Crippen molar-refractivity contribution in [2.24, 2.45) is 0 Å². The van der Waals surface area contributed by atoms with E-state index in [9.17, 15) is 27.2 Å². The molecule has 0 radical (unpaired) electrons. The van der Waals surface area contributed by atoms with Crippen molar-refractivity contribution in [2.45, 2.75) is 50.6 Å². The lowest BCUT2D eigenvalue weighted by Crippen LogP contribution is -2.41. The number of aromatic nitrogens is 3. The van der Waals surface area contributed by atoms with Crippen molar-refractivity contribution in [1.29, 1.82) is 0 Å². The van der Waals surface area contributed by atoms with Gasteiger partial charge in [0.1, 0.15) is 18.0 Å². The molecule has 2 atom stereocenters. The number of halogens is 4. The number of hydrogen-bond acceptors (Lipinski definition) is 3. The predicted molar refractivity (Wildman–Crippen MR) is 95.1 cm³/mol. The molecule has 6 nitrogen and oxygen atoms in total. The van der Waals surface area contributed by atoms with Crippen LogP contribution in [0.5, 0.6) is 0 Å². The first kappa shape index (κ1) is 19.7. The number of carbonyl (C=O) groups excluding carboxylic acids is 1. The number of hydrogen-bond donors (Lipinski definition) is 0. The Morgan fingerprint density at radius 3 is 2.72 bits per heavy atom. The van der Waals surface area contributed by atoms with E-state index in [2.05, 4.69) is 5.10 Å². The summed E-state index contributed by atoms with van der Waals surface area (Å²) in [6, 6.07) is 3.99. The first-order chi connectivity index (χ1) is 13.7. The first-order valence-corrected chi connectivity index (χ1v) is 9.51. The van der Waals surface area contributed by atoms with E-state index in [0.717, 1.165) is 16.8 Å². The van der Waals surface area contributed by atoms with Crippen molar-refractivity contribution < 1.29 is 22.4 Å². The van der Waals surface area contributed by atoms with Crippen molar-refractivity contribution in [3.8, 4) is 0 Å². The van der Waals surface area contributed by atoms with Crippen LogP contribution in [0.4, 0.5) is 17.6 Å². The van der Waals surface area contributed by atoms with Gasteiger partial charge in [0.2, 0.25) is 5.91 Å². The standard InChI is InChI=1S/C19H20F4N4O2/c20-14-7-8-25(11-14)17(28)15-5-2-6-16-24-26(18(29)27(15)16)10-12-3-1-4-13(9-12)19(21,22)23/h1,3-4,9,14-15H,2,5-8,10-11H2/t14-,15-/m0/s1. The van der Waals surface area contributed by atoms with Crippen LogP contribution >= 0.6 is 0 Å². The number of amides is 1. The largest absolute Gasteiger partial charge is 0.416 e. The van der Waals surface area contributed by atoms with E-state index in [-0.39, 0.29) is 25.4 Å². The Balaban J connectivity index is 1.62. The molecule has 2 aromatic rings. The topological polar surface area (TPSA) is 60.1 Å². The molecular weight excluding hydrogens is 392 g/mol. The van der Waals surface area contributed by atoms with E-state index < -0.39 is 29.6 Å². The number of aryl methyl sites for hydroxylation is 1. The van der Waals surface area contributed by atoms with E-state index in [1.165, 1.54) is 21.6 Å². The highest BCUT2D eigenvalue weighted by molar-refractivity contribution is 5.81. The molecule has 3 heterocycles. The van der Waals surface area contributed by atoms with E-state index in [1.54, 1.807) is 0 Å². The second kappa shape index (κ2) is 7.31. The molecule has 2 aliphatic heterocycles. The number of benzene rings is 1. The Bertz CT molecular complexity index is 981. The average Bonchev–Trinajstić information content (AvgIpc) is 3.24. The molecule has 0 aliphatic carbocycles. The molecule has 0 unspecified atom stereocenters. The zero-order valence-electron chi connectivity index (χ0n) is 15.5. The quantitative estimate of drug-likeness (QED) is 0.728. The van der Waals surface area contributed by atoms with Crippen molar-refractivity contribution >= 4 is 5.91 Å². The minimum Gasteiger partial charge on any atom is -0.338 e. The van der Waals surface area contributed by atoms with E-state index in [1.807, 2.05) is 0 Å². The number of carbonyl (C=O) groups is 1. The number of rotatable bonds is 3. The Hall–Kier alpha value is -2.65. The molecule has 2 aliphatic rings. The third-order valence-corrected chi connectivity index (χ3v) is 5.44. The fourth-order valence-electron chi connectivity index (χ4n) is 4.02. The van der Waals surface area contributed by atoms with Gasteiger partial charge in [-0.15, -0.1) is 0 Å². The zero-order chi connectivity index (χ0) is 20.8. The summed E-state index contributed by atoms with van der Waals surface area (Å²) in [5.41, 5.74) is -1.04. The van der Waals surface area contributed by atoms with Crippen LogP contribution in [0, 0.1) is 0 Å². The minimum atomic E-state index is -4.48. The van der Waals surface area contributed by atoms with Crippen molar-refractivity contribution in [3.05, 3.63) is 51.7 Å². The molecule has 29 heavy (non-hydrogen) atoms. The molecule has 0 N–H and O–H groups in total. The highest BCUT2D eigenvalue weighted by Gasteiger charge is 2.36. The summed E-state index contributed by atoms with van der Waals surface area (Å²) in [6.45, 7) is 0.219. The van der Waals surface area contributed by atoms with Crippen LogP contribution in [0.3, 0.4) is 0 Å². The van der Waals surface area contributed by atoms with E-state index in [4.69, 9.17) is 0 Å². The summed E-state index contributed by atoms with van der Waals surface area (Å²) in [6.07, 6.45) is -3.63. The third kappa shape index (κ3) is 3.79. The molecule has 1 aromatic carbocycles. The zero-order valence-corrected chi connectivity index (χ0v) is 15.5. The van der Waals surface area contributed by atoms with Gasteiger partial charge in [0, 0.05) is 13.0 Å². The minimum absolute atomic E-state index is 0.0256. The summed E-state index contributed by atoms with van der Waals surface area (Å²) in [5, 5.41) is 4.25. The normalized spacial score (nSPS) is 22.0. The molecule has 1 saturated heterocycles. The van der Waals surface area contributed by atoms with Gasteiger partial charge in [-0.1, -0.05) is 12.1 Å². The molecule has 1 fully saturated rings. The number of likely N-dealkylation sites (tertiary alicyclic amines) is 1. The van der Waals surface area contributed by atoms with Gasteiger partial charge in [0.25, 0.3) is 0 Å². The first-order valence-electron chi connectivity index (χ1n) is 9.51. The molecule has 0 bridgehead atoms. The lowest BCUT2D eigenvalue weighted by Gasteiger charge is -2.26. The van der Waals surface area contributed by atoms with Gasteiger partial charge in [-0.2, -0.15) is 18.3 Å². The molecule has 156 valence electrons. The maximum absolute atomic E-state index is 13.5. The second-order valence-corrected chi connectivity index (χ2v) is 7.50.